The van der Waals surface area contributed by atoms with Crippen LogP contribution in [0.3, 0.4) is 0 Å². The number of nitrogens with two attached hydrogens (primary N) is 1. The Balaban J connectivity index is 2.96. The Kier molecular flexibility index (Phi) is 6.51. The second kappa shape index (κ2) is 7.65. The van der Waals surface area contributed by atoms with E-state index in [1.165, 1.54) is 24.1 Å². The van der Waals surface area contributed by atoms with Crippen molar-refractivity contribution in [2.24, 2.45) is 5.73 Å². The summed E-state index contributed by atoms with van der Waals surface area (Å²) in [5, 5.41) is 0.793. The average molecular weight is 269 g/mol. The van der Waals surface area contributed by atoms with Crippen molar-refractivity contribution < 1.29 is 0 Å². The Morgan fingerprint density at radius 1 is 1.33 bits per heavy atom. The average Bonchev–Trinajstić information content (AvgIpc) is 2.31. The van der Waals surface area contributed by atoms with E-state index in [9.17, 15) is 0 Å². The van der Waals surface area contributed by atoms with Gasteiger partial charge in [0.15, 0.2) is 0 Å². The Morgan fingerprint density at radius 3 is 2.61 bits per heavy atom. The molecule has 2 N–H and O–H groups in total. The topological polar surface area (TPSA) is 29.3 Å². The van der Waals surface area contributed by atoms with Gasteiger partial charge in [-0.15, -0.1) is 0 Å². The molecule has 0 bridgehead atoms. The number of unbranched alkanes of at least 4 members (excludes halogenated alkanes) is 1. The first-order chi connectivity index (χ1) is 8.58. The van der Waals surface area contributed by atoms with Crippen LogP contribution in [0.2, 0.25) is 5.02 Å². The van der Waals surface area contributed by atoms with Gasteiger partial charge in [0.2, 0.25) is 0 Å². The summed E-state index contributed by atoms with van der Waals surface area (Å²) in [6.07, 6.45) is 3.30. The van der Waals surface area contributed by atoms with Gasteiger partial charge in [0.05, 0.1) is 0 Å². The molecule has 0 aliphatic rings. The van der Waals surface area contributed by atoms with Gasteiger partial charge in [0, 0.05) is 29.8 Å². The molecule has 0 fully saturated rings. The van der Waals surface area contributed by atoms with Gasteiger partial charge in [-0.25, -0.2) is 0 Å². The third kappa shape index (κ3) is 4.51. The van der Waals surface area contributed by atoms with Crippen LogP contribution in [0.1, 0.15) is 39.2 Å². The molecule has 1 unspecified atom stereocenters. The summed E-state index contributed by atoms with van der Waals surface area (Å²) in [6.45, 7) is 8.57. The van der Waals surface area contributed by atoms with Gasteiger partial charge in [-0.3, -0.25) is 0 Å². The lowest BCUT2D eigenvalue weighted by molar-refractivity contribution is 0.710. The zero-order valence-corrected chi connectivity index (χ0v) is 12.5. The first-order valence-electron chi connectivity index (χ1n) is 6.87. The van der Waals surface area contributed by atoms with Crippen molar-refractivity contribution in [2.75, 3.05) is 18.0 Å². The van der Waals surface area contributed by atoms with Crippen molar-refractivity contribution in [3.8, 4) is 0 Å². The van der Waals surface area contributed by atoms with Crippen LogP contribution in [0.15, 0.2) is 18.2 Å². The second-order valence-corrected chi connectivity index (χ2v) is 5.32. The Morgan fingerprint density at radius 2 is 2.06 bits per heavy atom. The summed E-state index contributed by atoms with van der Waals surface area (Å²) in [5.41, 5.74) is 8.47. The number of halogens is 1. The highest BCUT2D eigenvalue weighted by Gasteiger charge is 2.11. The molecule has 0 heterocycles. The highest BCUT2D eigenvalue weighted by molar-refractivity contribution is 6.30. The maximum atomic E-state index is 6.09. The minimum absolute atomic E-state index is 0.159. The van der Waals surface area contributed by atoms with Gasteiger partial charge < -0.3 is 10.6 Å². The lowest BCUT2D eigenvalue weighted by Crippen LogP contribution is -2.26. The predicted octanol–water partition coefficient (Wildman–Crippen LogP) is 3.86. The molecule has 0 aliphatic carbocycles. The van der Waals surface area contributed by atoms with E-state index >= 15 is 0 Å². The highest BCUT2D eigenvalue weighted by atomic mass is 35.5. The molecule has 0 spiro atoms. The molecule has 0 saturated heterocycles. The van der Waals surface area contributed by atoms with E-state index in [-0.39, 0.29) is 6.04 Å². The molecule has 1 aromatic rings. The van der Waals surface area contributed by atoms with Gasteiger partial charge in [0.1, 0.15) is 0 Å². The lowest BCUT2D eigenvalue weighted by Gasteiger charge is -2.26. The minimum atomic E-state index is 0.159. The van der Waals surface area contributed by atoms with E-state index in [1.54, 1.807) is 0 Å². The number of hydrogen-bond donors (Lipinski definition) is 1. The first-order valence-corrected chi connectivity index (χ1v) is 7.25. The molecule has 2 nitrogen and oxygen atoms in total. The third-order valence-electron chi connectivity index (χ3n) is 3.09. The molecule has 3 heteroatoms. The van der Waals surface area contributed by atoms with Crippen LogP contribution in [0.5, 0.6) is 0 Å². The largest absolute Gasteiger partial charge is 0.372 e. The van der Waals surface area contributed by atoms with Crippen molar-refractivity contribution in [2.45, 2.75) is 46.1 Å². The van der Waals surface area contributed by atoms with Crippen molar-refractivity contribution in [3.05, 3.63) is 28.8 Å². The summed E-state index contributed by atoms with van der Waals surface area (Å²) in [5.74, 6) is 0. The molecule has 0 radical (unpaired) electrons. The van der Waals surface area contributed by atoms with E-state index < -0.39 is 0 Å². The van der Waals surface area contributed by atoms with Gasteiger partial charge in [-0.2, -0.15) is 0 Å². The fraction of sp³-hybridized carbons (Fsp3) is 0.600. The van der Waals surface area contributed by atoms with Gasteiger partial charge in [0.25, 0.3) is 0 Å². The molecular weight excluding hydrogens is 244 g/mol. The van der Waals surface area contributed by atoms with Crippen LogP contribution in [-0.2, 0) is 6.42 Å². The third-order valence-corrected chi connectivity index (χ3v) is 3.32. The number of rotatable bonds is 7. The normalized spacial score (nSPS) is 12.5. The second-order valence-electron chi connectivity index (χ2n) is 4.89. The first kappa shape index (κ1) is 15.3. The van der Waals surface area contributed by atoms with Crippen LogP contribution < -0.4 is 10.6 Å². The molecule has 102 valence electrons. The van der Waals surface area contributed by atoms with E-state index in [0.717, 1.165) is 24.5 Å². The number of hydrogen-bond acceptors (Lipinski definition) is 2. The summed E-state index contributed by atoms with van der Waals surface area (Å²) in [7, 11) is 0. The summed E-state index contributed by atoms with van der Waals surface area (Å²) in [6, 6.07) is 6.30. The van der Waals surface area contributed by atoms with Crippen molar-refractivity contribution in [1.82, 2.24) is 0 Å². The van der Waals surface area contributed by atoms with E-state index in [2.05, 4.69) is 30.9 Å². The molecule has 0 aromatic heterocycles. The van der Waals surface area contributed by atoms with Crippen LogP contribution in [0.4, 0.5) is 5.69 Å². The van der Waals surface area contributed by atoms with E-state index in [0.29, 0.717) is 0 Å². The zero-order chi connectivity index (χ0) is 13.5. The standard InChI is InChI=1S/C15H25ClN2/c1-4-6-9-18(5-2)15-8-7-14(16)11-13(15)10-12(3)17/h7-8,11-12H,4-6,9-10,17H2,1-3H3. The van der Waals surface area contributed by atoms with Gasteiger partial charge >= 0.3 is 0 Å². The molecule has 0 amide bonds. The monoisotopic (exact) mass is 268 g/mol. The lowest BCUT2D eigenvalue weighted by atomic mass is 10.0. The van der Waals surface area contributed by atoms with Gasteiger partial charge in [-0.05, 0) is 50.5 Å². The quantitative estimate of drug-likeness (QED) is 0.814. The fourth-order valence-corrected chi connectivity index (χ4v) is 2.37. The SMILES string of the molecule is CCCCN(CC)c1ccc(Cl)cc1CC(C)N. The number of anilines is 1. The highest BCUT2D eigenvalue weighted by Crippen LogP contribution is 2.25. The van der Waals surface area contributed by atoms with E-state index in [4.69, 9.17) is 17.3 Å². The van der Waals surface area contributed by atoms with Gasteiger partial charge in [-0.1, -0.05) is 24.9 Å². The molecule has 0 saturated carbocycles. The molecule has 1 rings (SSSR count). The number of benzene rings is 1. The Hall–Kier alpha value is -0.730. The Bertz CT molecular complexity index is 364. The zero-order valence-electron chi connectivity index (χ0n) is 11.7. The van der Waals surface area contributed by atoms with Crippen molar-refractivity contribution in [1.29, 1.82) is 0 Å². The summed E-state index contributed by atoms with van der Waals surface area (Å²) in [4.78, 5) is 2.41. The van der Waals surface area contributed by atoms with Crippen LogP contribution in [0, 0.1) is 0 Å². The van der Waals surface area contributed by atoms with Crippen LogP contribution >= 0.6 is 11.6 Å². The molecule has 18 heavy (non-hydrogen) atoms. The number of nitrogens with zero attached hydrogens (tertiary/aromatic N) is 1. The fourth-order valence-electron chi connectivity index (χ4n) is 2.17. The van der Waals surface area contributed by atoms with Crippen LogP contribution in [-0.4, -0.2) is 19.1 Å². The van der Waals surface area contributed by atoms with Crippen molar-refractivity contribution >= 4 is 17.3 Å². The molecule has 0 aliphatic heterocycles. The minimum Gasteiger partial charge on any atom is -0.372 e. The Labute approximate surface area is 116 Å². The summed E-state index contributed by atoms with van der Waals surface area (Å²) < 4.78 is 0. The molecule has 1 aromatic carbocycles. The summed E-state index contributed by atoms with van der Waals surface area (Å²) >= 11 is 6.09. The smallest absolute Gasteiger partial charge is 0.0410 e. The molecule has 1 atom stereocenters. The maximum Gasteiger partial charge on any atom is 0.0410 e. The van der Waals surface area contributed by atoms with Crippen molar-refractivity contribution in [3.63, 3.8) is 0 Å². The predicted molar refractivity (Wildman–Crippen MR) is 81.6 cm³/mol. The van der Waals surface area contributed by atoms with Crippen LogP contribution in [0.25, 0.3) is 0 Å². The maximum absolute atomic E-state index is 6.09. The van der Waals surface area contributed by atoms with E-state index in [1.807, 2.05) is 13.0 Å². The molecular formula is C15H25ClN2.